The third-order valence-electron chi connectivity index (χ3n) is 7.21. The number of nitrogens with one attached hydrogen (secondary N) is 3. The van der Waals surface area contributed by atoms with E-state index in [1.165, 1.54) is 32.1 Å². The number of carbonyl (C=O) groups excluding carboxylic acids is 1. The monoisotopic (exact) mass is 407 g/mol. The molecule has 4 fully saturated rings. The maximum absolute atomic E-state index is 13.8. The lowest BCUT2D eigenvalue weighted by molar-refractivity contribution is -0.125. The number of hydrazine groups is 1. The molecule has 0 aromatic heterocycles. The Kier molecular flexibility index (Phi) is 7.01. The average molecular weight is 408 g/mol. The Morgan fingerprint density at radius 2 is 2.03 bits per heavy atom. The molecule has 6 unspecified atom stereocenters. The highest BCUT2D eigenvalue weighted by molar-refractivity contribution is 5.82. The zero-order chi connectivity index (χ0) is 20.2. The Hall–Kier alpha value is -1.27. The lowest BCUT2D eigenvalue weighted by Gasteiger charge is -2.32. The second-order valence-corrected chi connectivity index (χ2v) is 9.34. The van der Waals surface area contributed by atoms with Crippen molar-refractivity contribution in [2.75, 3.05) is 19.6 Å². The van der Waals surface area contributed by atoms with E-state index in [1.54, 1.807) is 0 Å². The third-order valence-corrected chi connectivity index (χ3v) is 7.21. The normalized spacial score (nSPS) is 39.3. The van der Waals surface area contributed by atoms with Crippen molar-refractivity contribution in [1.82, 2.24) is 21.2 Å². The summed E-state index contributed by atoms with van der Waals surface area (Å²) in [7, 11) is 0. The average Bonchev–Trinajstić information content (AvgIpc) is 3.39. The molecule has 0 aromatic rings. The maximum atomic E-state index is 13.8. The van der Waals surface area contributed by atoms with Gasteiger partial charge in [-0.05, 0) is 43.9 Å². The van der Waals surface area contributed by atoms with Crippen LogP contribution in [0, 0.1) is 29.1 Å². The summed E-state index contributed by atoms with van der Waals surface area (Å²) in [4.78, 5) is 18.4. The van der Waals surface area contributed by atoms with Crippen molar-refractivity contribution in [2.24, 2.45) is 17.8 Å². The molecule has 0 spiro atoms. The van der Waals surface area contributed by atoms with Crippen LogP contribution in [0.2, 0.25) is 0 Å². The van der Waals surface area contributed by atoms with E-state index in [9.17, 15) is 14.4 Å². The zero-order valence-electron chi connectivity index (χ0n) is 17.1. The molecular weight excluding hydrogens is 373 g/mol. The molecule has 6 atom stereocenters. The first-order chi connectivity index (χ1) is 14.1. The molecule has 2 aliphatic heterocycles. The van der Waals surface area contributed by atoms with Gasteiger partial charge in [-0.3, -0.25) is 15.1 Å². The molecule has 162 valence electrons. The number of nitriles is 1. The zero-order valence-corrected chi connectivity index (χ0v) is 17.1. The van der Waals surface area contributed by atoms with E-state index in [0.717, 1.165) is 6.42 Å². The van der Waals surface area contributed by atoms with Crippen LogP contribution in [0.5, 0.6) is 0 Å². The van der Waals surface area contributed by atoms with Crippen LogP contribution >= 0.6 is 0 Å². The van der Waals surface area contributed by atoms with Crippen molar-refractivity contribution in [3.63, 3.8) is 0 Å². The fourth-order valence-electron chi connectivity index (χ4n) is 5.49. The van der Waals surface area contributed by atoms with Gasteiger partial charge in [-0.15, -0.1) is 0 Å². The number of rotatable bonds is 5. The van der Waals surface area contributed by atoms with Crippen LogP contribution in [0.3, 0.4) is 0 Å². The van der Waals surface area contributed by atoms with E-state index in [4.69, 9.17) is 4.84 Å². The van der Waals surface area contributed by atoms with Gasteiger partial charge < -0.3 is 5.32 Å². The molecule has 7 nitrogen and oxygen atoms in total. The van der Waals surface area contributed by atoms with Crippen molar-refractivity contribution in [3.8, 4) is 6.07 Å². The van der Waals surface area contributed by atoms with Crippen molar-refractivity contribution in [2.45, 2.75) is 82.1 Å². The van der Waals surface area contributed by atoms with Gasteiger partial charge in [0, 0.05) is 26.1 Å². The van der Waals surface area contributed by atoms with Crippen LogP contribution in [0.25, 0.3) is 0 Å². The first kappa shape index (κ1) is 21.0. The number of amides is 1. The molecule has 8 heteroatoms. The minimum atomic E-state index is -0.798. The lowest BCUT2D eigenvalue weighted by Crippen LogP contribution is -2.47. The molecule has 0 aromatic carbocycles. The number of hydrogen-bond donors (Lipinski definition) is 3. The summed E-state index contributed by atoms with van der Waals surface area (Å²) in [6.45, 7) is 1.99. The van der Waals surface area contributed by atoms with Gasteiger partial charge in [0.2, 0.25) is 5.91 Å². The molecule has 0 bridgehead atoms. The van der Waals surface area contributed by atoms with Crippen molar-refractivity contribution >= 4 is 5.91 Å². The second kappa shape index (κ2) is 9.69. The van der Waals surface area contributed by atoms with E-state index in [0.29, 0.717) is 44.8 Å². The Morgan fingerprint density at radius 1 is 1.21 bits per heavy atom. The summed E-state index contributed by atoms with van der Waals surface area (Å²) in [5, 5.41) is 14.5. The van der Waals surface area contributed by atoms with Crippen LogP contribution in [-0.4, -0.2) is 54.9 Å². The first-order valence-corrected chi connectivity index (χ1v) is 11.4. The second-order valence-electron chi connectivity index (χ2n) is 9.34. The summed E-state index contributed by atoms with van der Waals surface area (Å²) in [6.07, 6.45) is 7.94. The predicted octanol–water partition coefficient (Wildman–Crippen LogP) is 1.81. The van der Waals surface area contributed by atoms with Gasteiger partial charge in [-0.2, -0.15) is 10.7 Å². The molecule has 2 saturated heterocycles. The standard InChI is InChI=1S/C21H34FN5O2/c22-17-7-6-15(10-23)16(8-17)12-27-13-18(11-24-27)25-21(28)19-9-20(29-26-19)14-4-2-1-3-5-14/h14-20,24,26H,1-9,11-13H2,(H,25,28). The fourth-order valence-corrected chi connectivity index (χ4v) is 5.49. The molecule has 29 heavy (non-hydrogen) atoms. The smallest absolute Gasteiger partial charge is 0.239 e. The van der Waals surface area contributed by atoms with Gasteiger partial charge in [0.15, 0.2) is 0 Å². The number of alkyl halides is 1. The molecule has 0 radical (unpaired) electrons. The van der Waals surface area contributed by atoms with Crippen LogP contribution < -0.4 is 16.2 Å². The quantitative estimate of drug-likeness (QED) is 0.644. The van der Waals surface area contributed by atoms with Crippen molar-refractivity contribution < 1.29 is 14.0 Å². The fraction of sp³-hybridized carbons (Fsp3) is 0.905. The van der Waals surface area contributed by atoms with Gasteiger partial charge in [-0.25, -0.2) is 9.40 Å². The van der Waals surface area contributed by atoms with Gasteiger partial charge in [-0.1, -0.05) is 19.3 Å². The Bertz CT molecular complexity index is 608. The molecule has 4 aliphatic rings. The van der Waals surface area contributed by atoms with E-state index in [2.05, 4.69) is 22.3 Å². The summed E-state index contributed by atoms with van der Waals surface area (Å²) >= 11 is 0. The number of nitrogens with zero attached hydrogens (tertiary/aromatic N) is 2. The predicted molar refractivity (Wildman–Crippen MR) is 106 cm³/mol. The third kappa shape index (κ3) is 5.26. The Balaban J connectivity index is 1.21. The lowest BCUT2D eigenvalue weighted by atomic mass is 9.79. The van der Waals surface area contributed by atoms with Gasteiger partial charge in [0.05, 0.1) is 24.1 Å². The SMILES string of the molecule is N#CC1CCC(F)CC1CN1CC(NC(=O)C2CC(C3CCCCC3)ON2)CN1. The van der Waals surface area contributed by atoms with Crippen LogP contribution in [0.1, 0.15) is 57.8 Å². The molecular formula is C21H34FN5O2. The molecule has 2 heterocycles. The van der Waals surface area contributed by atoms with E-state index < -0.39 is 6.17 Å². The first-order valence-electron chi connectivity index (χ1n) is 11.4. The van der Waals surface area contributed by atoms with Gasteiger partial charge in [0.1, 0.15) is 12.2 Å². The van der Waals surface area contributed by atoms with Crippen LogP contribution in [0.4, 0.5) is 4.39 Å². The number of hydroxylamine groups is 1. The molecule has 2 aliphatic carbocycles. The molecule has 3 N–H and O–H groups in total. The van der Waals surface area contributed by atoms with Crippen molar-refractivity contribution in [3.05, 3.63) is 0 Å². The van der Waals surface area contributed by atoms with Gasteiger partial charge >= 0.3 is 0 Å². The summed E-state index contributed by atoms with van der Waals surface area (Å²) in [6, 6.07) is 2.08. The van der Waals surface area contributed by atoms with E-state index in [1.807, 2.05) is 5.01 Å². The van der Waals surface area contributed by atoms with E-state index >= 15 is 0 Å². The summed E-state index contributed by atoms with van der Waals surface area (Å²) in [5.74, 6) is 0.537. The maximum Gasteiger partial charge on any atom is 0.239 e. The molecule has 2 saturated carbocycles. The number of halogens is 1. The summed E-state index contributed by atoms with van der Waals surface area (Å²) < 4.78 is 13.8. The van der Waals surface area contributed by atoms with Gasteiger partial charge in [0.25, 0.3) is 0 Å². The minimum Gasteiger partial charge on any atom is -0.349 e. The largest absolute Gasteiger partial charge is 0.349 e. The number of carbonyl (C=O) groups is 1. The van der Waals surface area contributed by atoms with E-state index in [-0.39, 0.29) is 35.9 Å². The van der Waals surface area contributed by atoms with Crippen molar-refractivity contribution in [1.29, 1.82) is 5.26 Å². The number of hydrogen-bond acceptors (Lipinski definition) is 6. The summed E-state index contributed by atoms with van der Waals surface area (Å²) in [5.41, 5.74) is 6.25. The molecule has 4 rings (SSSR count). The minimum absolute atomic E-state index is 0.00616. The Morgan fingerprint density at radius 3 is 2.83 bits per heavy atom. The highest BCUT2D eigenvalue weighted by atomic mass is 19.1. The van der Waals surface area contributed by atoms with Crippen LogP contribution in [0.15, 0.2) is 0 Å². The highest BCUT2D eigenvalue weighted by Gasteiger charge is 2.38. The Labute approximate surface area is 172 Å². The molecule has 1 amide bonds. The van der Waals surface area contributed by atoms with Crippen LogP contribution in [-0.2, 0) is 9.63 Å². The highest BCUT2D eigenvalue weighted by Crippen LogP contribution is 2.33. The topological polar surface area (TPSA) is 89.4 Å².